The molecule has 0 spiro atoms. The van der Waals surface area contributed by atoms with Crippen molar-refractivity contribution in [3.8, 4) is 5.88 Å². The fraction of sp³-hybridized carbons (Fsp3) is 0.500. The van der Waals surface area contributed by atoms with Crippen molar-refractivity contribution in [2.75, 3.05) is 13.2 Å². The molecule has 1 saturated heterocycles. The minimum atomic E-state index is 0.0172. The zero-order chi connectivity index (χ0) is 9.97. The number of nitrogens with zero attached hydrogens (tertiary/aromatic N) is 1. The molecule has 0 aliphatic carbocycles. The van der Waals surface area contributed by atoms with E-state index in [-0.39, 0.29) is 12.1 Å². The molecule has 0 aromatic carbocycles. The van der Waals surface area contributed by atoms with Gasteiger partial charge in [0.15, 0.2) is 0 Å². The summed E-state index contributed by atoms with van der Waals surface area (Å²) in [7, 11) is 0. The highest BCUT2D eigenvalue weighted by atomic mass is 16.6. The highest BCUT2D eigenvalue weighted by molar-refractivity contribution is 5.20. The summed E-state index contributed by atoms with van der Waals surface area (Å²) in [4.78, 5) is 4.16. The Kier molecular flexibility index (Phi) is 2.65. The SMILES string of the molecule is CC(N)c1ccc(OC2COC2)nc1. The molecule has 0 saturated carbocycles. The molecule has 76 valence electrons. The van der Waals surface area contributed by atoms with E-state index >= 15 is 0 Å². The summed E-state index contributed by atoms with van der Waals surface area (Å²) >= 11 is 0. The van der Waals surface area contributed by atoms with Crippen molar-refractivity contribution < 1.29 is 9.47 Å². The van der Waals surface area contributed by atoms with Gasteiger partial charge in [0.2, 0.25) is 5.88 Å². The van der Waals surface area contributed by atoms with E-state index in [1.165, 1.54) is 0 Å². The van der Waals surface area contributed by atoms with Gasteiger partial charge in [-0.25, -0.2) is 4.98 Å². The average Bonchev–Trinajstić information content (AvgIpc) is 2.12. The van der Waals surface area contributed by atoms with Gasteiger partial charge in [-0.1, -0.05) is 6.07 Å². The normalized spacial score (nSPS) is 18.7. The quantitative estimate of drug-likeness (QED) is 0.776. The second-order valence-electron chi connectivity index (χ2n) is 3.50. The lowest BCUT2D eigenvalue weighted by Crippen LogP contribution is -2.38. The monoisotopic (exact) mass is 194 g/mol. The standard InChI is InChI=1S/C10H14N2O2/c1-7(11)8-2-3-10(12-4-8)14-9-5-13-6-9/h2-4,7,9H,5-6,11H2,1H3. The molecule has 0 radical (unpaired) electrons. The van der Waals surface area contributed by atoms with E-state index in [9.17, 15) is 0 Å². The molecule has 2 heterocycles. The van der Waals surface area contributed by atoms with E-state index in [4.69, 9.17) is 15.2 Å². The maximum atomic E-state index is 5.70. The van der Waals surface area contributed by atoms with Crippen LogP contribution in [0.15, 0.2) is 18.3 Å². The molecule has 1 unspecified atom stereocenters. The molecule has 4 nitrogen and oxygen atoms in total. The fourth-order valence-corrected chi connectivity index (χ4v) is 1.18. The van der Waals surface area contributed by atoms with Gasteiger partial charge >= 0.3 is 0 Å². The topological polar surface area (TPSA) is 57.4 Å². The number of ether oxygens (including phenoxy) is 2. The predicted octanol–water partition coefficient (Wildman–Crippen LogP) is 0.879. The first kappa shape index (κ1) is 9.43. The maximum absolute atomic E-state index is 5.70. The summed E-state index contributed by atoms with van der Waals surface area (Å²) in [5.74, 6) is 0.641. The molecule has 1 aliphatic heterocycles. The van der Waals surface area contributed by atoms with Crippen molar-refractivity contribution in [3.05, 3.63) is 23.9 Å². The van der Waals surface area contributed by atoms with Crippen LogP contribution in [0.2, 0.25) is 0 Å². The first-order chi connectivity index (χ1) is 6.75. The molecule has 0 bridgehead atoms. The van der Waals surface area contributed by atoms with Crippen LogP contribution in [0.3, 0.4) is 0 Å². The number of pyridine rings is 1. The Morgan fingerprint density at radius 2 is 2.36 bits per heavy atom. The van der Waals surface area contributed by atoms with Gasteiger partial charge in [0.05, 0.1) is 13.2 Å². The summed E-state index contributed by atoms with van der Waals surface area (Å²) in [6.07, 6.45) is 1.92. The van der Waals surface area contributed by atoms with Crippen LogP contribution in [-0.4, -0.2) is 24.3 Å². The van der Waals surface area contributed by atoms with Gasteiger partial charge in [0, 0.05) is 18.3 Å². The van der Waals surface area contributed by atoms with Crippen molar-refractivity contribution in [2.24, 2.45) is 5.73 Å². The molecule has 1 aromatic heterocycles. The zero-order valence-electron chi connectivity index (χ0n) is 8.14. The molecule has 4 heteroatoms. The molecule has 2 rings (SSSR count). The Morgan fingerprint density at radius 1 is 1.57 bits per heavy atom. The molecule has 1 fully saturated rings. The van der Waals surface area contributed by atoms with Crippen molar-refractivity contribution >= 4 is 0 Å². The first-order valence-corrected chi connectivity index (χ1v) is 4.71. The Bertz CT molecular complexity index is 293. The number of hydrogen-bond acceptors (Lipinski definition) is 4. The summed E-state index contributed by atoms with van der Waals surface area (Å²) in [6, 6.07) is 3.80. The molecule has 2 N–H and O–H groups in total. The van der Waals surface area contributed by atoms with Crippen molar-refractivity contribution in [1.29, 1.82) is 0 Å². The lowest BCUT2D eigenvalue weighted by atomic mass is 10.2. The Labute approximate surface area is 83.0 Å². The summed E-state index contributed by atoms with van der Waals surface area (Å²) in [5, 5.41) is 0. The summed E-state index contributed by atoms with van der Waals surface area (Å²) in [5.41, 5.74) is 6.72. The molecule has 14 heavy (non-hydrogen) atoms. The van der Waals surface area contributed by atoms with Gasteiger partial charge < -0.3 is 15.2 Å². The van der Waals surface area contributed by atoms with E-state index in [0.29, 0.717) is 19.1 Å². The van der Waals surface area contributed by atoms with Crippen molar-refractivity contribution in [3.63, 3.8) is 0 Å². The second kappa shape index (κ2) is 3.94. The van der Waals surface area contributed by atoms with Crippen LogP contribution < -0.4 is 10.5 Å². The van der Waals surface area contributed by atoms with Crippen molar-refractivity contribution in [2.45, 2.75) is 19.1 Å². The number of aromatic nitrogens is 1. The number of hydrogen-bond donors (Lipinski definition) is 1. The summed E-state index contributed by atoms with van der Waals surface area (Å²) < 4.78 is 10.5. The van der Waals surface area contributed by atoms with E-state index in [1.54, 1.807) is 6.20 Å². The van der Waals surface area contributed by atoms with Crippen LogP contribution in [-0.2, 0) is 4.74 Å². The number of rotatable bonds is 3. The van der Waals surface area contributed by atoms with Crippen molar-refractivity contribution in [1.82, 2.24) is 4.98 Å². The second-order valence-corrected chi connectivity index (χ2v) is 3.50. The Hall–Kier alpha value is -1.13. The van der Waals surface area contributed by atoms with Crippen LogP contribution in [0, 0.1) is 0 Å². The van der Waals surface area contributed by atoms with Gasteiger partial charge in [-0.3, -0.25) is 0 Å². The lowest BCUT2D eigenvalue weighted by Gasteiger charge is -2.26. The third-order valence-electron chi connectivity index (χ3n) is 2.18. The van der Waals surface area contributed by atoms with Gasteiger partial charge in [0.25, 0.3) is 0 Å². The van der Waals surface area contributed by atoms with Crippen LogP contribution in [0.5, 0.6) is 5.88 Å². The van der Waals surface area contributed by atoms with Crippen LogP contribution in [0.1, 0.15) is 18.5 Å². The fourth-order valence-electron chi connectivity index (χ4n) is 1.18. The number of nitrogens with two attached hydrogens (primary N) is 1. The third-order valence-corrected chi connectivity index (χ3v) is 2.18. The average molecular weight is 194 g/mol. The molecule has 1 aromatic rings. The van der Waals surface area contributed by atoms with Gasteiger partial charge in [-0.15, -0.1) is 0 Å². The zero-order valence-corrected chi connectivity index (χ0v) is 8.14. The molecule has 1 atom stereocenters. The molecular weight excluding hydrogens is 180 g/mol. The highest BCUT2D eigenvalue weighted by Gasteiger charge is 2.20. The Balaban J connectivity index is 1.98. The third kappa shape index (κ3) is 2.02. The van der Waals surface area contributed by atoms with E-state index < -0.39 is 0 Å². The predicted molar refractivity (Wildman–Crippen MR) is 52.1 cm³/mol. The van der Waals surface area contributed by atoms with Crippen LogP contribution in [0.25, 0.3) is 0 Å². The maximum Gasteiger partial charge on any atom is 0.213 e. The minimum Gasteiger partial charge on any atom is -0.469 e. The van der Waals surface area contributed by atoms with Gasteiger partial charge in [0.1, 0.15) is 6.10 Å². The largest absolute Gasteiger partial charge is 0.469 e. The minimum absolute atomic E-state index is 0.0172. The Morgan fingerprint density at radius 3 is 2.79 bits per heavy atom. The van der Waals surface area contributed by atoms with Gasteiger partial charge in [-0.2, -0.15) is 0 Å². The van der Waals surface area contributed by atoms with Gasteiger partial charge in [-0.05, 0) is 12.5 Å². The van der Waals surface area contributed by atoms with Crippen LogP contribution >= 0.6 is 0 Å². The highest BCUT2D eigenvalue weighted by Crippen LogP contribution is 2.15. The molecular formula is C10H14N2O2. The van der Waals surface area contributed by atoms with E-state index in [1.807, 2.05) is 19.1 Å². The lowest BCUT2D eigenvalue weighted by molar-refractivity contribution is -0.0813. The molecule has 0 amide bonds. The smallest absolute Gasteiger partial charge is 0.213 e. The summed E-state index contributed by atoms with van der Waals surface area (Å²) in [6.45, 7) is 3.25. The first-order valence-electron chi connectivity index (χ1n) is 4.71. The van der Waals surface area contributed by atoms with E-state index in [2.05, 4.69) is 4.98 Å². The van der Waals surface area contributed by atoms with E-state index in [0.717, 1.165) is 5.56 Å². The van der Waals surface area contributed by atoms with Crippen LogP contribution in [0.4, 0.5) is 0 Å². The molecule has 1 aliphatic rings.